The summed E-state index contributed by atoms with van der Waals surface area (Å²) in [7, 11) is 0. The van der Waals surface area contributed by atoms with Crippen molar-refractivity contribution >= 4 is 32.8 Å². The molecule has 8 nitrogen and oxygen atoms in total. The Hall–Kier alpha value is -1.26. The minimum atomic E-state index is -1.16. The summed E-state index contributed by atoms with van der Waals surface area (Å²) in [6, 6.07) is 0. The van der Waals surface area contributed by atoms with E-state index >= 15 is 0 Å². The number of aliphatic hydroxyl groups is 3. The van der Waals surface area contributed by atoms with Crippen LogP contribution < -0.4 is 5.32 Å². The van der Waals surface area contributed by atoms with E-state index in [0.29, 0.717) is 11.5 Å². The summed E-state index contributed by atoms with van der Waals surface area (Å²) in [6.07, 6.45) is 2.57. The van der Waals surface area contributed by atoms with E-state index in [-0.39, 0.29) is 6.61 Å². The monoisotopic (exact) mass is 414 g/mol. The third kappa shape index (κ3) is 3.52. The maximum atomic E-state index is 10.3. The molecule has 1 saturated heterocycles. The molecule has 1 fully saturated rings. The second-order valence-corrected chi connectivity index (χ2v) is 7.02. The molecule has 0 unspecified atom stereocenters. The minimum absolute atomic E-state index is 0.367. The van der Waals surface area contributed by atoms with Gasteiger partial charge in [0.05, 0.1) is 12.0 Å². The minimum Gasteiger partial charge on any atom is -0.394 e. The molecule has 0 spiro atoms. The number of ether oxygens (including phenoxy) is 1. The van der Waals surface area contributed by atoms with Gasteiger partial charge < -0.3 is 29.9 Å². The van der Waals surface area contributed by atoms with Gasteiger partial charge in [-0.2, -0.15) is 0 Å². The molecule has 25 heavy (non-hydrogen) atoms. The lowest BCUT2D eigenvalue weighted by Crippen LogP contribution is -2.33. The van der Waals surface area contributed by atoms with Gasteiger partial charge in [-0.3, -0.25) is 0 Å². The molecular formula is C16H23BrN4O4. The number of aliphatic hydroxyl groups excluding tert-OH is 3. The summed E-state index contributed by atoms with van der Waals surface area (Å²) in [5, 5.41) is 33.6. The van der Waals surface area contributed by atoms with Gasteiger partial charge in [-0.15, -0.1) is 0 Å². The summed E-state index contributed by atoms with van der Waals surface area (Å²) in [4.78, 5) is 8.62. The normalized spacial score (nSPS) is 26.4. The maximum absolute atomic E-state index is 10.3. The van der Waals surface area contributed by atoms with Crippen molar-refractivity contribution in [1.29, 1.82) is 0 Å². The molecule has 0 aliphatic carbocycles. The van der Waals surface area contributed by atoms with Crippen LogP contribution in [0.15, 0.2) is 17.0 Å². The number of unbranched alkanes of at least 4 members (excludes halogenated alkanes) is 2. The second-order valence-electron chi connectivity index (χ2n) is 6.17. The zero-order valence-corrected chi connectivity index (χ0v) is 15.6. The molecule has 3 heterocycles. The zero-order chi connectivity index (χ0) is 18.0. The van der Waals surface area contributed by atoms with Crippen molar-refractivity contribution in [1.82, 2.24) is 14.5 Å². The molecular weight excluding hydrogens is 392 g/mol. The van der Waals surface area contributed by atoms with Gasteiger partial charge in [-0.1, -0.05) is 19.8 Å². The first-order valence-corrected chi connectivity index (χ1v) is 9.25. The maximum Gasteiger partial charge on any atom is 0.164 e. The molecule has 2 aromatic heterocycles. The Morgan fingerprint density at radius 2 is 2.08 bits per heavy atom. The van der Waals surface area contributed by atoms with Gasteiger partial charge in [0.15, 0.2) is 6.23 Å². The van der Waals surface area contributed by atoms with E-state index < -0.39 is 24.5 Å². The van der Waals surface area contributed by atoms with Crippen molar-refractivity contribution in [3.63, 3.8) is 0 Å². The molecule has 0 saturated carbocycles. The number of nitrogens with one attached hydrogen (secondary N) is 1. The van der Waals surface area contributed by atoms with Crippen molar-refractivity contribution < 1.29 is 20.1 Å². The van der Waals surface area contributed by atoms with Gasteiger partial charge in [0.1, 0.15) is 36.1 Å². The predicted octanol–water partition coefficient (Wildman–Crippen LogP) is 1.41. The fourth-order valence-electron chi connectivity index (χ4n) is 3.06. The van der Waals surface area contributed by atoms with Crippen LogP contribution in [0.5, 0.6) is 0 Å². The van der Waals surface area contributed by atoms with Crippen LogP contribution >= 0.6 is 15.9 Å². The summed E-state index contributed by atoms with van der Waals surface area (Å²) >= 11 is 3.52. The highest BCUT2D eigenvalue weighted by molar-refractivity contribution is 9.10. The van der Waals surface area contributed by atoms with Gasteiger partial charge in [0.25, 0.3) is 0 Å². The van der Waals surface area contributed by atoms with Crippen LogP contribution in [0.3, 0.4) is 0 Å². The first-order valence-electron chi connectivity index (χ1n) is 8.45. The standard InChI is InChI=1S/C16H23BrN4O4/c1-2-3-4-5-18-14-11-9(17)6-21(15(11)20-8-19-14)16-13(24)12(23)10(7-22)25-16/h6,8,10,12-13,16,22-24H,2-5,7H2,1H3,(H,18,19,20)/t10-,12-,13-,16-/m1/s1. The van der Waals surface area contributed by atoms with Crippen molar-refractivity contribution in [2.24, 2.45) is 0 Å². The molecule has 138 valence electrons. The van der Waals surface area contributed by atoms with Gasteiger partial charge in [0, 0.05) is 17.2 Å². The number of aromatic nitrogens is 3. The topological polar surface area (TPSA) is 113 Å². The van der Waals surface area contributed by atoms with E-state index in [9.17, 15) is 15.3 Å². The van der Waals surface area contributed by atoms with Crippen LogP contribution in [0.4, 0.5) is 5.82 Å². The Morgan fingerprint density at radius 3 is 2.76 bits per heavy atom. The molecule has 0 bridgehead atoms. The van der Waals surface area contributed by atoms with Crippen LogP contribution in [0, 0.1) is 0 Å². The van der Waals surface area contributed by atoms with Crippen LogP contribution in [-0.2, 0) is 4.74 Å². The summed E-state index contributed by atoms with van der Waals surface area (Å²) in [6.45, 7) is 2.60. The lowest BCUT2D eigenvalue weighted by molar-refractivity contribution is -0.0509. The molecule has 3 rings (SSSR count). The largest absolute Gasteiger partial charge is 0.394 e. The smallest absolute Gasteiger partial charge is 0.164 e. The lowest BCUT2D eigenvalue weighted by Gasteiger charge is -2.17. The number of fused-ring (bicyclic) bond motifs is 1. The van der Waals surface area contributed by atoms with Crippen LogP contribution in [0.2, 0.25) is 0 Å². The molecule has 0 amide bonds. The van der Waals surface area contributed by atoms with Gasteiger partial charge in [0.2, 0.25) is 0 Å². The van der Waals surface area contributed by atoms with E-state index in [0.717, 1.165) is 35.7 Å². The highest BCUT2D eigenvalue weighted by Gasteiger charge is 2.44. The molecule has 0 aromatic carbocycles. The van der Waals surface area contributed by atoms with E-state index in [1.807, 2.05) is 0 Å². The Kier molecular flexibility index (Phi) is 5.90. The van der Waals surface area contributed by atoms with E-state index in [1.54, 1.807) is 10.8 Å². The summed E-state index contributed by atoms with van der Waals surface area (Å²) < 4.78 is 8.02. The molecule has 4 atom stereocenters. The highest BCUT2D eigenvalue weighted by atomic mass is 79.9. The zero-order valence-electron chi connectivity index (χ0n) is 14.0. The molecule has 4 N–H and O–H groups in total. The quantitative estimate of drug-likeness (QED) is 0.506. The number of halogens is 1. The van der Waals surface area contributed by atoms with Crippen LogP contribution in [0.1, 0.15) is 32.4 Å². The lowest BCUT2D eigenvalue weighted by atomic mass is 10.1. The van der Waals surface area contributed by atoms with Crippen LogP contribution in [-0.4, -0.2) is 61.3 Å². The van der Waals surface area contributed by atoms with E-state index in [4.69, 9.17) is 4.74 Å². The van der Waals surface area contributed by atoms with Crippen molar-refractivity contribution in [2.75, 3.05) is 18.5 Å². The molecule has 1 aliphatic rings. The highest BCUT2D eigenvalue weighted by Crippen LogP contribution is 2.36. The van der Waals surface area contributed by atoms with Crippen LogP contribution in [0.25, 0.3) is 11.0 Å². The van der Waals surface area contributed by atoms with E-state index in [2.05, 4.69) is 38.1 Å². The Bertz CT molecular complexity index is 725. The predicted molar refractivity (Wildman–Crippen MR) is 96.3 cm³/mol. The van der Waals surface area contributed by atoms with E-state index in [1.165, 1.54) is 6.33 Å². The van der Waals surface area contributed by atoms with Gasteiger partial charge in [-0.25, -0.2) is 9.97 Å². The fourth-order valence-corrected chi connectivity index (χ4v) is 3.65. The Labute approximate surface area is 154 Å². The molecule has 9 heteroatoms. The summed E-state index contributed by atoms with van der Waals surface area (Å²) in [5.74, 6) is 0.707. The Balaban J connectivity index is 1.91. The number of hydrogen-bond acceptors (Lipinski definition) is 7. The average molecular weight is 415 g/mol. The SMILES string of the molecule is CCCCCNc1ncnc2c1c(Br)cn2[C@@H]1O[C@H](CO)[C@@H](O)[C@H]1O. The first kappa shape index (κ1) is 18.5. The summed E-state index contributed by atoms with van der Waals surface area (Å²) in [5.41, 5.74) is 0.578. The number of anilines is 1. The Morgan fingerprint density at radius 1 is 1.28 bits per heavy atom. The molecule has 2 aromatic rings. The second kappa shape index (κ2) is 7.96. The number of nitrogens with zero attached hydrogens (tertiary/aromatic N) is 3. The van der Waals surface area contributed by atoms with Gasteiger partial charge >= 0.3 is 0 Å². The fraction of sp³-hybridized carbons (Fsp3) is 0.625. The van der Waals surface area contributed by atoms with Crippen molar-refractivity contribution in [3.05, 3.63) is 17.0 Å². The number of rotatable bonds is 7. The first-order chi connectivity index (χ1) is 12.1. The number of hydrogen-bond donors (Lipinski definition) is 4. The van der Waals surface area contributed by atoms with Gasteiger partial charge in [-0.05, 0) is 22.4 Å². The molecule has 0 radical (unpaired) electrons. The molecule has 1 aliphatic heterocycles. The average Bonchev–Trinajstić information content (AvgIpc) is 3.10. The van der Waals surface area contributed by atoms with Crippen molar-refractivity contribution in [2.45, 2.75) is 50.7 Å². The van der Waals surface area contributed by atoms with Crippen molar-refractivity contribution in [3.8, 4) is 0 Å². The third-order valence-electron chi connectivity index (χ3n) is 4.43. The third-order valence-corrected chi connectivity index (χ3v) is 5.03.